The molecule has 0 unspecified atom stereocenters. The molecule has 0 saturated heterocycles. The average molecular weight is 366 g/mol. The zero-order valence-corrected chi connectivity index (χ0v) is 15.8. The van der Waals surface area contributed by atoms with Crippen LogP contribution >= 0.6 is 10.7 Å². The van der Waals surface area contributed by atoms with Gasteiger partial charge in [0.2, 0.25) is 0 Å². The molecule has 0 saturated carbocycles. The molecule has 0 N–H and O–H groups in total. The first kappa shape index (κ1) is 19.1. The summed E-state index contributed by atoms with van der Waals surface area (Å²) in [5, 5.41) is 10.8. The Morgan fingerprint density at radius 1 is 1.32 bits per heavy atom. The Morgan fingerprint density at radius 3 is 2.27 bits per heavy atom. The molecule has 0 aromatic heterocycles. The number of hydrogen-bond acceptors (Lipinski definition) is 5. The number of halogens is 1. The minimum Gasteiger partial charge on any atom is -0.413 e. The highest BCUT2D eigenvalue weighted by Crippen LogP contribution is 2.37. The van der Waals surface area contributed by atoms with Gasteiger partial charge in [-0.25, -0.2) is 8.42 Å². The van der Waals surface area contributed by atoms with E-state index in [1.165, 1.54) is 6.07 Å². The Kier molecular flexibility index (Phi) is 5.44. The number of nitro benzene ring substituents is 1. The average Bonchev–Trinajstić information content (AvgIpc) is 2.33. The summed E-state index contributed by atoms with van der Waals surface area (Å²) in [6, 6.07) is 3.46. The van der Waals surface area contributed by atoms with Crippen LogP contribution in [0.25, 0.3) is 0 Å². The number of nitrogens with zero attached hydrogens (tertiary/aromatic N) is 1. The topological polar surface area (TPSA) is 86.5 Å². The lowest BCUT2D eigenvalue weighted by Crippen LogP contribution is -2.40. The Balaban J connectivity index is 3.22. The van der Waals surface area contributed by atoms with Crippen LogP contribution in [0.4, 0.5) is 5.69 Å². The molecule has 6 nitrogen and oxygen atoms in total. The SMILES string of the molecule is CC(C)(C)[Si](C)(C)OCc1cc([N+](=O)[O-])ccc1S(=O)(=O)Cl. The highest BCUT2D eigenvalue weighted by Gasteiger charge is 2.37. The van der Waals surface area contributed by atoms with Gasteiger partial charge in [0.1, 0.15) is 0 Å². The molecule has 0 aliphatic rings. The van der Waals surface area contributed by atoms with Gasteiger partial charge in [0, 0.05) is 28.4 Å². The fraction of sp³-hybridized carbons (Fsp3) is 0.538. The number of hydrogen-bond donors (Lipinski definition) is 0. The molecule has 0 amide bonds. The highest BCUT2D eigenvalue weighted by molar-refractivity contribution is 8.13. The van der Waals surface area contributed by atoms with Crippen molar-refractivity contribution in [2.24, 2.45) is 0 Å². The number of nitro groups is 1. The lowest BCUT2D eigenvalue weighted by Gasteiger charge is -2.36. The van der Waals surface area contributed by atoms with E-state index in [1.54, 1.807) is 0 Å². The first-order valence-corrected chi connectivity index (χ1v) is 11.8. The minimum atomic E-state index is -3.99. The second-order valence-electron chi connectivity index (χ2n) is 6.54. The van der Waals surface area contributed by atoms with Crippen LogP contribution in [0.3, 0.4) is 0 Å². The summed E-state index contributed by atoms with van der Waals surface area (Å²) >= 11 is 0. The van der Waals surface area contributed by atoms with Gasteiger partial charge in [0.15, 0.2) is 8.32 Å². The molecule has 22 heavy (non-hydrogen) atoms. The van der Waals surface area contributed by atoms with Crippen molar-refractivity contribution in [3.8, 4) is 0 Å². The summed E-state index contributed by atoms with van der Waals surface area (Å²) in [5.41, 5.74) is 0.00641. The predicted molar refractivity (Wildman–Crippen MR) is 88.1 cm³/mol. The molecule has 0 spiro atoms. The maximum Gasteiger partial charge on any atom is 0.269 e. The fourth-order valence-electron chi connectivity index (χ4n) is 1.50. The lowest BCUT2D eigenvalue weighted by atomic mass is 10.2. The molecule has 1 aromatic rings. The third-order valence-electron chi connectivity index (χ3n) is 3.91. The standard InChI is InChI=1S/C13H20ClNO5SSi/c1-13(2,3)22(4,5)20-9-10-8-11(15(16)17)6-7-12(10)21(14,18)19/h6-8H,9H2,1-5H3. The van der Waals surface area contributed by atoms with E-state index < -0.39 is 22.3 Å². The van der Waals surface area contributed by atoms with Gasteiger partial charge in [-0.2, -0.15) is 0 Å². The van der Waals surface area contributed by atoms with Crippen LogP contribution in [0.2, 0.25) is 18.1 Å². The smallest absolute Gasteiger partial charge is 0.269 e. The van der Waals surface area contributed by atoms with Crippen LogP contribution in [0.15, 0.2) is 23.1 Å². The van der Waals surface area contributed by atoms with Crippen molar-refractivity contribution in [2.45, 2.75) is 50.4 Å². The van der Waals surface area contributed by atoms with Crippen LogP contribution in [0, 0.1) is 10.1 Å². The Morgan fingerprint density at radius 2 is 1.86 bits per heavy atom. The summed E-state index contributed by atoms with van der Waals surface area (Å²) in [6.07, 6.45) is 0. The van der Waals surface area contributed by atoms with Gasteiger partial charge in [-0.05, 0) is 24.2 Å². The summed E-state index contributed by atoms with van der Waals surface area (Å²) in [4.78, 5) is 10.1. The molecule has 124 valence electrons. The quantitative estimate of drug-likeness (QED) is 0.340. The van der Waals surface area contributed by atoms with Gasteiger partial charge >= 0.3 is 0 Å². The number of non-ortho nitro benzene ring substituents is 1. The van der Waals surface area contributed by atoms with E-state index in [9.17, 15) is 18.5 Å². The van der Waals surface area contributed by atoms with Crippen LogP contribution in [-0.4, -0.2) is 21.7 Å². The normalized spacial score (nSPS) is 13.2. The van der Waals surface area contributed by atoms with Gasteiger partial charge < -0.3 is 4.43 Å². The van der Waals surface area contributed by atoms with Gasteiger partial charge in [0.05, 0.1) is 16.4 Å². The van der Waals surface area contributed by atoms with Crippen LogP contribution in [0.5, 0.6) is 0 Å². The first-order chi connectivity index (χ1) is 9.75. The highest BCUT2D eigenvalue weighted by atomic mass is 35.7. The molecule has 9 heteroatoms. The third-order valence-corrected chi connectivity index (χ3v) is 9.81. The van der Waals surface area contributed by atoms with E-state index in [1.807, 2.05) is 33.9 Å². The second kappa shape index (κ2) is 6.27. The lowest BCUT2D eigenvalue weighted by molar-refractivity contribution is -0.385. The Bertz CT molecular complexity index is 682. The van der Waals surface area contributed by atoms with E-state index in [0.29, 0.717) is 0 Å². The summed E-state index contributed by atoms with van der Waals surface area (Å²) < 4.78 is 29.2. The summed E-state index contributed by atoms with van der Waals surface area (Å²) in [5.74, 6) is 0. The summed E-state index contributed by atoms with van der Waals surface area (Å²) in [6.45, 7) is 10.1. The molecule has 1 aromatic carbocycles. The van der Waals surface area contributed by atoms with E-state index in [-0.39, 0.29) is 27.8 Å². The van der Waals surface area contributed by atoms with Crippen molar-refractivity contribution in [1.29, 1.82) is 0 Å². The van der Waals surface area contributed by atoms with Gasteiger partial charge in [-0.3, -0.25) is 10.1 Å². The van der Waals surface area contributed by atoms with Crippen molar-refractivity contribution in [3.63, 3.8) is 0 Å². The van der Waals surface area contributed by atoms with Crippen molar-refractivity contribution < 1.29 is 17.8 Å². The molecule has 0 heterocycles. The molecule has 0 radical (unpaired) electrons. The van der Waals surface area contributed by atoms with Crippen molar-refractivity contribution in [1.82, 2.24) is 0 Å². The van der Waals surface area contributed by atoms with Gasteiger partial charge in [-0.15, -0.1) is 0 Å². The molecular formula is C13H20ClNO5SSi. The number of rotatable bonds is 5. The molecule has 0 aliphatic carbocycles. The zero-order valence-electron chi connectivity index (χ0n) is 13.2. The Hall–Kier alpha value is -0.963. The van der Waals surface area contributed by atoms with E-state index >= 15 is 0 Å². The zero-order chi connectivity index (χ0) is 17.3. The molecule has 0 aliphatic heterocycles. The van der Waals surface area contributed by atoms with E-state index in [0.717, 1.165) is 12.1 Å². The first-order valence-electron chi connectivity index (χ1n) is 6.61. The largest absolute Gasteiger partial charge is 0.413 e. The van der Waals surface area contributed by atoms with E-state index in [2.05, 4.69) is 0 Å². The monoisotopic (exact) mass is 365 g/mol. The van der Waals surface area contributed by atoms with Crippen LogP contribution in [-0.2, 0) is 20.1 Å². The fourth-order valence-corrected chi connectivity index (χ4v) is 3.57. The Labute approximate surface area is 136 Å². The van der Waals surface area contributed by atoms with E-state index in [4.69, 9.17) is 15.1 Å². The third kappa shape index (κ3) is 4.51. The van der Waals surface area contributed by atoms with Crippen LogP contribution < -0.4 is 0 Å². The van der Waals surface area contributed by atoms with Gasteiger partial charge in [-0.1, -0.05) is 20.8 Å². The molecule has 1 rings (SSSR count). The predicted octanol–water partition coefficient (Wildman–Crippen LogP) is 4.04. The molecule has 0 bridgehead atoms. The maximum absolute atomic E-state index is 11.6. The van der Waals surface area contributed by atoms with Gasteiger partial charge in [0.25, 0.3) is 14.7 Å². The second-order valence-corrected chi connectivity index (χ2v) is 13.9. The van der Waals surface area contributed by atoms with Crippen molar-refractivity contribution in [3.05, 3.63) is 33.9 Å². The molecular weight excluding hydrogens is 346 g/mol. The van der Waals surface area contributed by atoms with Crippen molar-refractivity contribution >= 4 is 33.7 Å². The summed E-state index contributed by atoms with van der Waals surface area (Å²) in [7, 11) is -0.722. The maximum atomic E-state index is 11.6. The van der Waals surface area contributed by atoms with Crippen LogP contribution in [0.1, 0.15) is 26.3 Å². The molecule has 0 fully saturated rings. The molecule has 0 atom stereocenters. The van der Waals surface area contributed by atoms with Crippen molar-refractivity contribution in [2.75, 3.05) is 0 Å². The minimum absolute atomic E-state index is 0.0283. The number of benzene rings is 1.